The van der Waals surface area contributed by atoms with E-state index >= 15 is 0 Å². The average Bonchev–Trinajstić information content (AvgIpc) is 2.42. The normalized spacial score (nSPS) is 15.9. The molecule has 1 unspecified atom stereocenters. The monoisotopic (exact) mass is 299 g/mol. The van der Waals surface area contributed by atoms with E-state index in [2.05, 4.69) is 69.9 Å². The van der Waals surface area contributed by atoms with Crippen molar-refractivity contribution in [1.29, 1.82) is 0 Å². The second-order valence-electron chi connectivity index (χ2n) is 7.77. The van der Waals surface area contributed by atoms with Crippen LogP contribution < -0.4 is 4.90 Å². The lowest BCUT2D eigenvalue weighted by Gasteiger charge is -2.31. The smallest absolute Gasteiger partial charge is 0.0366 e. The van der Waals surface area contributed by atoms with Gasteiger partial charge in [0.25, 0.3) is 0 Å². The molecule has 22 heavy (non-hydrogen) atoms. The van der Waals surface area contributed by atoms with Crippen LogP contribution in [0.1, 0.15) is 59.4 Å². The molecule has 1 heteroatoms. The summed E-state index contributed by atoms with van der Waals surface area (Å²) in [5, 5.41) is 0. The van der Waals surface area contributed by atoms with Gasteiger partial charge in [-0.15, -0.1) is 0 Å². The predicted molar refractivity (Wildman–Crippen MR) is 99.3 cm³/mol. The number of allylic oxidation sites excluding steroid dienone is 1. The summed E-state index contributed by atoms with van der Waals surface area (Å²) < 4.78 is 0. The highest BCUT2D eigenvalue weighted by molar-refractivity contribution is 5.58. The predicted octanol–water partition coefficient (Wildman–Crippen LogP) is 6.01. The molecule has 1 aromatic rings. The van der Waals surface area contributed by atoms with Crippen molar-refractivity contribution in [1.82, 2.24) is 0 Å². The van der Waals surface area contributed by atoms with Crippen LogP contribution in [0.5, 0.6) is 0 Å². The topological polar surface area (TPSA) is 3.24 Å². The molecule has 2 rings (SSSR count). The van der Waals surface area contributed by atoms with E-state index in [1.807, 2.05) is 0 Å². The summed E-state index contributed by atoms with van der Waals surface area (Å²) in [6, 6.07) is 9.18. The summed E-state index contributed by atoms with van der Waals surface area (Å²) >= 11 is 0. The van der Waals surface area contributed by atoms with Gasteiger partial charge in [0, 0.05) is 18.8 Å². The second-order valence-corrected chi connectivity index (χ2v) is 7.77. The molecule has 1 fully saturated rings. The summed E-state index contributed by atoms with van der Waals surface area (Å²) in [6.45, 7) is 13.9. The molecule has 0 saturated heterocycles. The lowest BCUT2D eigenvalue weighted by atomic mass is 9.91. The first-order chi connectivity index (χ1) is 10.5. The van der Waals surface area contributed by atoms with Crippen LogP contribution >= 0.6 is 0 Å². The fourth-order valence-corrected chi connectivity index (χ4v) is 2.83. The van der Waals surface area contributed by atoms with Gasteiger partial charge in [-0.1, -0.05) is 58.4 Å². The van der Waals surface area contributed by atoms with Gasteiger partial charge in [0.05, 0.1) is 0 Å². The Balaban J connectivity index is 2.08. The third kappa shape index (κ3) is 4.90. The van der Waals surface area contributed by atoms with Crippen molar-refractivity contribution in [3.8, 4) is 0 Å². The molecule has 1 aliphatic carbocycles. The molecule has 1 nitrogen and oxygen atoms in total. The standard InChI is InChI=1S/C21H33N/c1-16(2)14-22(15-18(5)17(3)4)21-11-9-20(10-12-21)13-19-7-6-8-19/h9-13,16-18H,6-8,14-15H2,1-5H3. The zero-order valence-electron chi connectivity index (χ0n) is 15.1. The van der Waals surface area contributed by atoms with E-state index in [0.717, 1.165) is 24.9 Å². The lowest BCUT2D eigenvalue weighted by molar-refractivity contribution is 0.408. The van der Waals surface area contributed by atoms with Gasteiger partial charge >= 0.3 is 0 Å². The number of benzene rings is 1. The maximum absolute atomic E-state index is 2.57. The van der Waals surface area contributed by atoms with Gasteiger partial charge in [0.2, 0.25) is 0 Å². The van der Waals surface area contributed by atoms with Crippen molar-refractivity contribution < 1.29 is 0 Å². The van der Waals surface area contributed by atoms with Crippen LogP contribution in [0.2, 0.25) is 0 Å². The van der Waals surface area contributed by atoms with Crippen molar-refractivity contribution in [2.24, 2.45) is 17.8 Å². The van der Waals surface area contributed by atoms with E-state index in [1.54, 1.807) is 5.57 Å². The SMILES string of the molecule is CC(C)CN(CC(C)C(C)C)c1ccc(C=C2CCC2)cc1. The zero-order valence-corrected chi connectivity index (χ0v) is 15.1. The minimum Gasteiger partial charge on any atom is -0.371 e. The Morgan fingerprint density at radius 3 is 2.05 bits per heavy atom. The van der Waals surface area contributed by atoms with Crippen LogP contribution in [0.3, 0.4) is 0 Å². The van der Waals surface area contributed by atoms with Crippen LogP contribution in [-0.2, 0) is 0 Å². The zero-order chi connectivity index (χ0) is 16.1. The first kappa shape index (κ1) is 17.1. The Morgan fingerprint density at radius 1 is 0.955 bits per heavy atom. The van der Waals surface area contributed by atoms with E-state index in [0.29, 0.717) is 5.92 Å². The Hall–Kier alpha value is -1.24. The third-order valence-electron chi connectivity index (χ3n) is 4.86. The van der Waals surface area contributed by atoms with Gasteiger partial charge in [-0.2, -0.15) is 0 Å². The van der Waals surface area contributed by atoms with Gasteiger partial charge in [-0.3, -0.25) is 0 Å². The highest BCUT2D eigenvalue weighted by Gasteiger charge is 2.15. The van der Waals surface area contributed by atoms with E-state index in [9.17, 15) is 0 Å². The summed E-state index contributed by atoms with van der Waals surface area (Å²) in [4.78, 5) is 2.57. The molecule has 0 heterocycles. The van der Waals surface area contributed by atoms with E-state index in [-0.39, 0.29) is 0 Å². The number of anilines is 1. The van der Waals surface area contributed by atoms with Crippen LogP contribution in [0.15, 0.2) is 29.8 Å². The number of rotatable bonds is 7. The second kappa shape index (κ2) is 7.85. The van der Waals surface area contributed by atoms with Crippen LogP contribution in [0.4, 0.5) is 5.69 Å². The fraction of sp³-hybridized carbons (Fsp3) is 0.619. The van der Waals surface area contributed by atoms with Crippen molar-refractivity contribution in [3.63, 3.8) is 0 Å². The number of hydrogen-bond donors (Lipinski definition) is 0. The Morgan fingerprint density at radius 2 is 1.59 bits per heavy atom. The third-order valence-corrected chi connectivity index (χ3v) is 4.86. The molecule has 122 valence electrons. The lowest BCUT2D eigenvalue weighted by Crippen LogP contribution is -2.33. The van der Waals surface area contributed by atoms with Gasteiger partial charge in [0.1, 0.15) is 0 Å². The van der Waals surface area contributed by atoms with Crippen LogP contribution in [0.25, 0.3) is 6.08 Å². The van der Waals surface area contributed by atoms with E-state index in [1.165, 1.54) is 30.5 Å². The molecule has 0 aliphatic heterocycles. The molecule has 0 N–H and O–H groups in total. The molecule has 0 bridgehead atoms. The van der Waals surface area contributed by atoms with Crippen molar-refractivity contribution in [2.45, 2.75) is 53.9 Å². The largest absolute Gasteiger partial charge is 0.371 e. The van der Waals surface area contributed by atoms with Gasteiger partial charge in [-0.25, -0.2) is 0 Å². The molecule has 0 aromatic heterocycles. The molecule has 1 aromatic carbocycles. The maximum Gasteiger partial charge on any atom is 0.0366 e. The van der Waals surface area contributed by atoms with Crippen molar-refractivity contribution >= 4 is 11.8 Å². The minimum atomic E-state index is 0.691. The fourth-order valence-electron chi connectivity index (χ4n) is 2.83. The molecular formula is C21H33N. The highest BCUT2D eigenvalue weighted by Crippen LogP contribution is 2.28. The maximum atomic E-state index is 2.57. The van der Waals surface area contributed by atoms with E-state index in [4.69, 9.17) is 0 Å². The highest BCUT2D eigenvalue weighted by atomic mass is 15.1. The quantitative estimate of drug-likeness (QED) is 0.596. The molecule has 1 aliphatic rings. The van der Waals surface area contributed by atoms with Gasteiger partial charge in [-0.05, 0) is 54.7 Å². The summed E-state index contributed by atoms with van der Waals surface area (Å²) in [5.74, 6) is 2.14. The Kier molecular flexibility index (Phi) is 6.11. The minimum absolute atomic E-state index is 0.691. The average molecular weight is 300 g/mol. The van der Waals surface area contributed by atoms with Crippen molar-refractivity contribution in [2.75, 3.05) is 18.0 Å². The van der Waals surface area contributed by atoms with Crippen molar-refractivity contribution in [3.05, 3.63) is 35.4 Å². The molecule has 0 amide bonds. The van der Waals surface area contributed by atoms with Gasteiger partial charge < -0.3 is 4.90 Å². The molecule has 1 saturated carbocycles. The van der Waals surface area contributed by atoms with Crippen LogP contribution in [-0.4, -0.2) is 13.1 Å². The molecule has 0 radical (unpaired) electrons. The summed E-state index contributed by atoms with van der Waals surface area (Å²) in [7, 11) is 0. The van der Waals surface area contributed by atoms with Gasteiger partial charge in [0.15, 0.2) is 0 Å². The summed E-state index contributed by atoms with van der Waals surface area (Å²) in [5.41, 5.74) is 4.34. The van der Waals surface area contributed by atoms with E-state index < -0.39 is 0 Å². The summed E-state index contributed by atoms with van der Waals surface area (Å²) in [6.07, 6.45) is 6.34. The Bertz CT molecular complexity index is 475. The first-order valence-corrected chi connectivity index (χ1v) is 9.00. The van der Waals surface area contributed by atoms with Crippen LogP contribution in [0, 0.1) is 17.8 Å². The first-order valence-electron chi connectivity index (χ1n) is 9.00. The number of nitrogens with zero attached hydrogens (tertiary/aromatic N) is 1. The molecular weight excluding hydrogens is 266 g/mol. The number of hydrogen-bond acceptors (Lipinski definition) is 1. The molecule has 0 spiro atoms. The Labute approximate surface area is 137 Å². The molecule has 1 atom stereocenters.